The Balaban J connectivity index is 1.65. The minimum absolute atomic E-state index is 0.00127. The number of fused-ring (bicyclic) bond motifs is 2. The number of furan rings is 1. The summed E-state index contributed by atoms with van der Waals surface area (Å²) < 4.78 is 24.5. The zero-order valence-corrected chi connectivity index (χ0v) is 14.8. The number of aryl methyl sites for hydroxylation is 1. The van der Waals surface area contributed by atoms with E-state index in [1.54, 1.807) is 30.0 Å². The highest BCUT2D eigenvalue weighted by Gasteiger charge is 2.25. The number of amides is 2. The average Bonchev–Trinajstić information content (AvgIpc) is 2.98. The number of hydrogen-bond donors (Lipinski definition) is 1. The van der Waals surface area contributed by atoms with E-state index in [0.717, 1.165) is 0 Å². The van der Waals surface area contributed by atoms with Crippen LogP contribution in [0, 0.1) is 12.7 Å². The number of carbonyl (C=O) groups is 2. The van der Waals surface area contributed by atoms with E-state index >= 15 is 0 Å². The number of halogens is 1. The van der Waals surface area contributed by atoms with Gasteiger partial charge in [0.05, 0.1) is 5.69 Å². The number of anilines is 2. The van der Waals surface area contributed by atoms with Gasteiger partial charge in [0.15, 0.2) is 12.4 Å². The van der Waals surface area contributed by atoms with E-state index in [1.807, 2.05) is 6.92 Å². The molecule has 0 saturated heterocycles. The second-order valence-corrected chi connectivity index (χ2v) is 6.26. The molecule has 0 aliphatic carbocycles. The number of likely N-dealkylation sites (N-methyl/N-ethyl adjacent to an activating group) is 1. The Bertz CT molecular complexity index is 1070. The first-order valence-electron chi connectivity index (χ1n) is 8.55. The number of rotatable bonds is 3. The van der Waals surface area contributed by atoms with Crippen molar-refractivity contribution >= 4 is 34.2 Å². The molecule has 0 saturated carbocycles. The highest BCUT2D eigenvalue weighted by molar-refractivity contribution is 6.07. The fourth-order valence-corrected chi connectivity index (χ4v) is 3.22. The van der Waals surface area contributed by atoms with Crippen molar-refractivity contribution in [2.45, 2.75) is 13.8 Å². The van der Waals surface area contributed by atoms with Gasteiger partial charge in [0.1, 0.15) is 17.1 Å². The third kappa shape index (κ3) is 2.91. The summed E-state index contributed by atoms with van der Waals surface area (Å²) in [7, 11) is 0. The molecule has 1 aromatic heterocycles. The van der Waals surface area contributed by atoms with Crippen molar-refractivity contribution in [3.05, 3.63) is 53.5 Å². The average molecular weight is 368 g/mol. The van der Waals surface area contributed by atoms with E-state index in [2.05, 4.69) is 5.32 Å². The molecule has 3 aromatic rings. The molecule has 7 heteroatoms. The van der Waals surface area contributed by atoms with Gasteiger partial charge >= 0.3 is 0 Å². The Morgan fingerprint density at radius 1 is 1.26 bits per heavy atom. The highest BCUT2D eigenvalue weighted by Crippen LogP contribution is 2.35. The van der Waals surface area contributed by atoms with Gasteiger partial charge in [-0.1, -0.05) is 0 Å². The predicted molar refractivity (Wildman–Crippen MR) is 98.8 cm³/mol. The molecule has 1 aliphatic rings. The molecule has 4 rings (SSSR count). The van der Waals surface area contributed by atoms with Crippen LogP contribution in [0.3, 0.4) is 0 Å². The van der Waals surface area contributed by atoms with Gasteiger partial charge in [-0.15, -0.1) is 0 Å². The normalized spacial score (nSPS) is 13.4. The zero-order chi connectivity index (χ0) is 19.1. The summed E-state index contributed by atoms with van der Waals surface area (Å²) in [4.78, 5) is 26.2. The van der Waals surface area contributed by atoms with Crippen LogP contribution >= 0.6 is 0 Å². The van der Waals surface area contributed by atoms with Gasteiger partial charge in [-0.25, -0.2) is 4.39 Å². The summed E-state index contributed by atoms with van der Waals surface area (Å²) in [5.74, 6) is -0.269. The molecule has 2 heterocycles. The molecule has 2 amide bonds. The smallest absolute Gasteiger partial charge is 0.291 e. The standard InChI is InChI=1S/C20H17FN2O4/c1-3-23-15-9-13(5-7-17(15)26-10-18(23)24)22-20(25)19-11(2)14-8-12(21)4-6-16(14)27-19/h4-9H,3,10H2,1-2H3,(H,22,25). The topological polar surface area (TPSA) is 71.8 Å². The molecule has 6 nitrogen and oxygen atoms in total. The number of nitrogens with one attached hydrogen (secondary N) is 1. The summed E-state index contributed by atoms with van der Waals surface area (Å²) in [6.07, 6.45) is 0. The summed E-state index contributed by atoms with van der Waals surface area (Å²) in [5.41, 5.74) is 2.12. The monoisotopic (exact) mass is 368 g/mol. The second kappa shape index (κ2) is 6.42. The molecule has 0 atom stereocenters. The molecule has 2 aromatic carbocycles. The minimum Gasteiger partial charge on any atom is -0.482 e. The lowest BCUT2D eigenvalue weighted by atomic mass is 10.1. The lowest BCUT2D eigenvalue weighted by molar-refractivity contribution is -0.121. The molecular weight excluding hydrogens is 351 g/mol. The molecular formula is C20H17FN2O4. The summed E-state index contributed by atoms with van der Waals surface area (Å²) in [6.45, 7) is 4.08. The quantitative estimate of drug-likeness (QED) is 0.762. The molecule has 0 bridgehead atoms. The number of ether oxygens (including phenoxy) is 1. The number of carbonyl (C=O) groups excluding carboxylic acids is 2. The third-order valence-corrected chi connectivity index (χ3v) is 4.58. The van der Waals surface area contributed by atoms with Gasteiger partial charge in [0, 0.05) is 23.2 Å². The SMILES string of the molecule is CCN1C(=O)COc2ccc(NC(=O)c3oc4ccc(F)cc4c3C)cc21. The Kier molecular flexibility index (Phi) is 4.07. The predicted octanol–water partition coefficient (Wildman–Crippen LogP) is 3.88. The minimum atomic E-state index is -0.449. The molecule has 27 heavy (non-hydrogen) atoms. The molecule has 0 unspecified atom stereocenters. The van der Waals surface area contributed by atoms with E-state index in [1.165, 1.54) is 18.2 Å². The third-order valence-electron chi connectivity index (χ3n) is 4.58. The van der Waals surface area contributed by atoms with Gasteiger partial charge in [-0.05, 0) is 50.2 Å². The summed E-state index contributed by atoms with van der Waals surface area (Å²) >= 11 is 0. The van der Waals surface area contributed by atoms with Crippen LogP contribution in [-0.2, 0) is 4.79 Å². The number of nitrogens with zero attached hydrogens (tertiary/aromatic N) is 1. The van der Waals surface area contributed by atoms with Crippen molar-refractivity contribution in [2.24, 2.45) is 0 Å². The largest absolute Gasteiger partial charge is 0.482 e. The van der Waals surface area contributed by atoms with Crippen molar-refractivity contribution in [3.63, 3.8) is 0 Å². The molecule has 1 N–H and O–H groups in total. The summed E-state index contributed by atoms with van der Waals surface area (Å²) in [5, 5.41) is 3.32. The van der Waals surface area contributed by atoms with E-state index < -0.39 is 11.7 Å². The number of benzene rings is 2. The maximum absolute atomic E-state index is 13.4. The molecule has 0 radical (unpaired) electrons. The van der Waals surface area contributed by atoms with E-state index in [4.69, 9.17) is 9.15 Å². The van der Waals surface area contributed by atoms with Gasteiger partial charge in [0.2, 0.25) is 0 Å². The van der Waals surface area contributed by atoms with Crippen LogP contribution in [0.25, 0.3) is 11.0 Å². The van der Waals surface area contributed by atoms with Crippen LogP contribution in [-0.4, -0.2) is 25.0 Å². The van der Waals surface area contributed by atoms with E-state index in [0.29, 0.717) is 40.2 Å². The van der Waals surface area contributed by atoms with Crippen molar-refractivity contribution in [1.82, 2.24) is 0 Å². The van der Waals surface area contributed by atoms with Crippen LogP contribution in [0.4, 0.5) is 15.8 Å². The second-order valence-electron chi connectivity index (χ2n) is 6.26. The maximum Gasteiger partial charge on any atom is 0.291 e. The Labute approximate surface area is 154 Å². The van der Waals surface area contributed by atoms with Crippen molar-refractivity contribution in [1.29, 1.82) is 0 Å². The van der Waals surface area contributed by atoms with Crippen LogP contribution in [0.2, 0.25) is 0 Å². The van der Waals surface area contributed by atoms with Crippen LogP contribution in [0.5, 0.6) is 5.75 Å². The first-order chi connectivity index (χ1) is 13.0. The lowest BCUT2D eigenvalue weighted by Crippen LogP contribution is -2.38. The fraction of sp³-hybridized carbons (Fsp3) is 0.200. The Hall–Kier alpha value is -3.35. The van der Waals surface area contributed by atoms with Gasteiger partial charge in [-0.3, -0.25) is 9.59 Å². The molecule has 138 valence electrons. The molecule has 0 spiro atoms. The lowest BCUT2D eigenvalue weighted by Gasteiger charge is -2.28. The van der Waals surface area contributed by atoms with Crippen molar-refractivity contribution in [2.75, 3.05) is 23.4 Å². The Morgan fingerprint density at radius 2 is 2.07 bits per heavy atom. The Morgan fingerprint density at radius 3 is 2.85 bits per heavy atom. The van der Waals surface area contributed by atoms with Crippen LogP contribution in [0.15, 0.2) is 40.8 Å². The fourth-order valence-electron chi connectivity index (χ4n) is 3.22. The zero-order valence-electron chi connectivity index (χ0n) is 14.8. The van der Waals surface area contributed by atoms with Gasteiger partial charge in [-0.2, -0.15) is 0 Å². The van der Waals surface area contributed by atoms with Crippen molar-refractivity contribution in [3.8, 4) is 5.75 Å². The van der Waals surface area contributed by atoms with Crippen molar-refractivity contribution < 1.29 is 23.1 Å². The van der Waals surface area contributed by atoms with Crippen LogP contribution < -0.4 is 15.0 Å². The summed E-state index contributed by atoms with van der Waals surface area (Å²) in [6, 6.07) is 9.21. The van der Waals surface area contributed by atoms with Gasteiger partial charge in [0.25, 0.3) is 11.8 Å². The highest BCUT2D eigenvalue weighted by atomic mass is 19.1. The molecule has 1 aliphatic heterocycles. The first-order valence-corrected chi connectivity index (χ1v) is 8.55. The van der Waals surface area contributed by atoms with E-state index in [-0.39, 0.29) is 18.3 Å². The van der Waals surface area contributed by atoms with Crippen LogP contribution in [0.1, 0.15) is 23.0 Å². The molecule has 0 fully saturated rings. The van der Waals surface area contributed by atoms with Gasteiger partial charge < -0.3 is 19.4 Å². The van der Waals surface area contributed by atoms with E-state index in [9.17, 15) is 14.0 Å². The number of hydrogen-bond acceptors (Lipinski definition) is 4. The first kappa shape index (κ1) is 17.1. The maximum atomic E-state index is 13.4.